The van der Waals surface area contributed by atoms with Gasteiger partial charge in [-0.1, -0.05) is 11.6 Å². The van der Waals surface area contributed by atoms with Crippen molar-refractivity contribution in [1.82, 2.24) is 5.32 Å². The fourth-order valence-electron chi connectivity index (χ4n) is 2.53. The zero-order chi connectivity index (χ0) is 19.1. The second kappa shape index (κ2) is 9.20. The van der Waals surface area contributed by atoms with Crippen LogP contribution in [0.15, 0.2) is 30.3 Å². The lowest BCUT2D eigenvalue weighted by Gasteiger charge is -2.14. The van der Waals surface area contributed by atoms with Crippen LogP contribution in [-0.2, 0) is 6.42 Å². The molecule has 0 saturated carbocycles. The largest absolute Gasteiger partial charge is 0.493 e. The van der Waals surface area contributed by atoms with E-state index in [4.69, 9.17) is 25.8 Å². The van der Waals surface area contributed by atoms with Crippen LogP contribution in [-0.4, -0.2) is 33.9 Å². The Kier molecular flexibility index (Phi) is 6.97. The predicted molar refractivity (Wildman–Crippen MR) is 103 cm³/mol. The molecule has 2 aromatic rings. The zero-order valence-corrected chi connectivity index (χ0v) is 16.1. The van der Waals surface area contributed by atoms with Gasteiger partial charge in [-0.15, -0.1) is 0 Å². The highest BCUT2D eigenvalue weighted by molar-refractivity contribution is 6.30. The van der Waals surface area contributed by atoms with Crippen molar-refractivity contribution in [2.24, 2.45) is 0 Å². The first kappa shape index (κ1) is 19.7. The van der Waals surface area contributed by atoms with E-state index in [9.17, 15) is 4.79 Å². The van der Waals surface area contributed by atoms with Crippen molar-refractivity contribution in [3.8, 4) is 17.2 Å². The summed E-state index contributed by atoms with van der Waals surface area (Å²) in [6.45, 7) is 2.34. The molecule has 0 fully saturated rings. The van der Waals surface area contributed by atoms with E-state index in [-0.39, 0.29) is 6.03 Å². The predicted octanol–water partition coefficient (Wildman–Crippen LogP) is 4.04. The quantitative estimate of drug-likeness (QED) is 0.763. The van der Waals surface area contributed by atoms with E-state index in [0.29, 0.717) is 35.2 Å². The van der Waals surface area contributed by atoms with E-state index >= 15 is 0 Å². The Morgan fingerprint density at radius 2 is 1.69 bits per heavy atom. The van der Waals surface area contributed by atoms with Gasteiger partial charge in [0.1, 0.15) is 0 Å². The molecular weight excluding hydrogens is 356 g/mol. The van der Waals surface area contributed by atoms with Crippen molar-refractivity contribution in [2.45, 2.75) is 13.3 Å². The lowest BCUT2D eigenvalue weighted by molar-refractivity contribution is 0.252. The highest BCUT2D eigenvalue weighted by atomic mass is 35.5. The number of ether oxygens (including phenoxy) is 3. The van der Waals surface area contributed by atoms with Crippen LogP contribution in [0, 0.1) is 6.92 Å². The van der Waals surface area contributed by atoms with Crippen molar-refractivity contribution in [3.05, 3.63) is 46.5 Å². The number of hydrogen-bond donors (Lipinski definition) is 2. The van der Waals surface area contributed by atoms with Crippen LogP contribution in [0.5, 0.6) is 17.2 Å². The summed E-state index contributed by atoms with van der Waals surface area (Å²) in [6, 6.07) is 8.76. The Morgan fingerprint density at radius 3 is 2.23 bits per heavy atom. The third kappa shape index (κ3) is 4.95. The number of urea groups is 1. The monoisotopic (exact) mass is 378 g/mol. The number of amides is 2. The number of anilines is 1. The molecule has 0 aliphatic carbocycles. The summed E-state index contributed by atoms with van der Waals surface area (Å²) in [5.41, 5.74) is 2.58. The highest BCUT2D eigenvalue weighted by Gasteiger charge is 2.13. The molecule has 0 bridgehead atoms. The van der Waals surface area contributed by atoms with Gasteiger partial charge < -0.3 is 24.8 Å². The molecule has 0 aromatic heterocycles. The summed E-state index contributed by atoms with van der Waals surface area (Å²) in [6.07, 6.45) is 0.615. The summed E-state index contributed by atoms with van der Waals surface area (Å²) in [5.74, 6) is 1.72. The minimum absolute atomic E-state index is 0.275. The molecule has 2 N–H and O–H groups in total. The molecule has 0 radical (unpaired) electrons. The van der Waals surface area contributed by atoms with Gasteiger partial charge in [0.15, 0.2) is 11.5 Å². The van der Waals surface area contributed by atoms with Gasteiger partial charge in [-0.25, -0.2) is 4.79 Å². The SMILES string of the molecule is COc1cc(CCNC(=O)Nc2ccc(Cl)cc2C)cc(OC)c1OC. The summed E-state index contributed by atoms with van der Waals surface area (Å²) in [7, 11) is 4.70. The molecule has 6 nitrogen and oxygen atoms in total. The van der Waals surface area contributed by atoms with Gasteiger partial charge in [0.2, 0.25) is 5.75 Å². The van der Waals surface area contributed by atoms with Crippen LogP contribution < -0.4 is 24.8 Å². The lowest BCUT2D eigenvalue weighted by atomic mass is 10.1. The molecular formula is C19H23ClN2O4. The summed E-state index contributed by atoms with van der Waals surface area (Å²) in [5, 5.41) is 6.27. The maximum Gasteiger partial charge on any atom is 0.319 e. The second-order valence-corrected chi connectivity index (χ2v) is 6.06. The molecule has 26 heavy (non-hydrogen) atoms. The Hall–Kier alpha value is -2.60. The van der Waals surface area contributed by atoms with Crippen molar-refractivity contribution >= 4 is 23.3 Å². The molecule has 0 aliphatic heterocycles. The fourth-order valence-corrected chi connectivity index (χ4v) is 2.76. The third-order valence-corrected chi connectivity index (χ3v) is 4.10. The minimum atomic E-state index is -0.275. The molecule has 0 atom stereocenters. The van der Waals surface area contributed by atoms with Gasteiger partial charge in [0.05, 0.1) is 21.3 Å². The van der Waals surface area contributed by atoms with Gasteiger partial charge in [0, 0.05) is 17.3 Å². The first-order valence-electron chi connectivity index (χ1n) is 8.08. The number of hydrogen-bond acceptors (Lipinski definition) is 4. The number of aryl methyl sites for hydroxylation is 1. The topological polar surface area (TPSA) is 68.8 Å². The van der Waals surface area contributed by atoms with Crippen LogP contribution in [0.25, 0.3) is 0 Å². The summed E-state index contributed by atoms with van der Waals surface area (Å²) < 4.78 is 16.0. The Balaban J connectivity index is 1.95. The number of carbonyl (C=O) groups excluding carboxylic acids is 1. The molecule has 2 aromatic carbocycles. The molecule has 0 unspecified atom stereocenters. The molecule has 2 amide bonds. The summed E-state index contributed by atoms with van der Waals surface area (Å²) in [4.78, 5) is 12.1. The van der Waals surface area contributed by atoms with E-state index in [1.807, 2.05) is 19.1 Å². The maximum atomic E-state index is 12.1. The number of halogens is 1. The molecule has 2 rings (SSSR count). The number of carbonyl (C=O) groups is 1. The Labute approximate surface area is 158 Å². The van der Waals surface area contributed by atoms with Crippen LogP contribution in [0.3, 0.4) is 0 Å². The molecule has 0 saturated heterocycles. The molecule has 140 valence electrons. The van der Waals surface area contributed by atoms with Gasteiger partial charge >= 0.3 is 6.03 Å². The maximum absolute atomic E-state index is 12.1. The normalized spacial score (nSPS) is 10.2. The standard InChI is InChI=1S/C19H23ClN2O4/c1-12-9-14(20)5-6-15(12)22-19(23)21-8-7-13-10-16(24-2)18(26-4)17(11-13)25-3/h5-6,9-11H,7-8H2,1-4H3,(H2,21,22,23). The van der Waals surface area contributed by atoms with Crippen molar-refractivity contribution < 1.29 is 19.0 Å². The third-order valence-electron chi connectivity index (χ3n) is 3.86. The first-order valence-corrected chi connectivity index (χ1v) is 8.46. The number of rotatable bonds is 7. The molecule has 0 spiro atoms. The average molecular weight is 379 g/mol. The van der Waals surface area contributed by atoms with E-state index in [2.05, 4.69) is 10.6 Å². The second-order valence-electron chi connectivity index (χ2n) is 5.62. The Bertz CT molecular complexity index is 755. The molecule has 7 heteroatoms. The fraction of sp³-hybridized carbons (Fsp3) is 0.316. The van der Waals surface area contributed by atoms with E-state index in [1.165, 1.54) is 0 Å². The smallest absolute Gasteiger partial charge is 0.319 e. The summed E-state index contributed by atoms with van der Waals surface area (Å²) >= 11 is 5.92. The van der Waals surface area contributed by atoms with Crippen LogP contribution in [0.4, 0.5) is 10.5 Å². The van der Waals surface area contributed by atoms with Gasteiger partial charge in [-0.2, -0.15) is 0 Å². The van der Waals surface area contributed by atoms with Crippen LogP contribution in [0.1, 0.15) is 11.1 Å². The number of benzene rings is 2. The van der Waals surface area contributed by atoms with Gasteiger partial charge in [-0.3, -0.25) is 0 Å². The lowest BCUT2D eigenvalue weighted by Crippen LogP contribution is -2.30. The van der Waals surface area contributed by atoms with Gasteiger partial charge in [0.25, 0.3) is 0 Å². The number of methoxy groups -OCH3 is 3. The Morgan fingerprint density at radius 1 is 1.04 bits per heavy atom. The van der Waals surface area contributed by atoms with E-state index in [1.54, 1.807) is 39.5 Å². The molecule has 0 aliphatic rings. The van der Waals surface area contributed by atoms with Crippen molar-refractivity contribution in [3.63, 3.8) is 0 Å². The highest BCUT2D eigenvalue weighted by Crippen LogP contribution is 2.38. The minimum Gasteiger partial charge on any atom is -0.493 e. The van der Waals surface area contributed by atoms with Crippen LogP contribution in [0.2, 0.25) is 5.02 Å². The van der Waals surface area contributed by atoms with Gasteiger partial charge in [-0.05, 0) is 54.8 Å². The first-order chi connectivity index (χ1) is 12.5. The zero-order valence-electron chi connectivity index (χ0n) is 15.3. The van der Waals surface area contributed by atoms with Crippen molar-refractivity contribution in [2.75, 3.05) is 33.2 Å². The van der Waals surface area contributed by atoms with E-state index < -0.39 is 0 Å². The average Bonchev–Trinajstić information content (AvgIpc) is 2.63. The van der Waals surface area contributed by atoms with E-state index in [0.717, 1.165) is 16.8 Å². The van der Waals surface area contributed by atoms with Crippen molar-refractivity contribution in [1.29, 1.82) is 0 Å². The molecule has 0 heterocycles. The van der Waals surface area contributed by atoms with Crippen LogP contribution >= 0.6 is 11.6 Å². The number of nitrogens with one attached hydrogen (secondary N) is 2.